The van der Waals surface area contributed by atoms with Crippen LogP contribution in [0.4, 0.5) is 0 Å². The number of Topliss-reactive ketones (excluding diaryl/α,β-unsaturated/α-hetero) is 1. The lowest BCUT2D eigenvalue weighted by Crippen LogP contribution is -2.59. The summed E-state index contributed by atoms with van der Waals surface area (Å²) < 4.78 is 23.8. The van der Waals surface area contributed by atoms with Crippen LogP contribution >= 0.6 is 0 Å². The minimum absolute atomic E-state index is 0.00141. The third-order valence-corrected chi connectivity index (χ3v) is 7.65. The number of ketones is 1. The third kappa shape index (κ3) is 1.61. The van der Waals surface area contributed by atoms with E-state index in [1.165, 1.54) is 13.8 Å². The van der Waals surface area contributed by atoms with Crippen LogP contribution in [0.25, 0.3) is 0 Å². The van der Waals surface area contributed by atoms with Crippen molar-refractivity contribution in [1.82, 2.24) is 4.90 Å². The fourth-order valence-electron chi connectivity index (χ4n) is 3.62. The first-order valence-electron chi connectivity index (χ1n) is 7.17. The van der Waals surface area contributed by atoms with Gasteiger partial charge in [0.25, 0.3) is 5.91 Å². The van der Waals surface area contributed by atoms with E-state index < -0.39 is 37.9 Å². The van der Waals surface area contributed by atoms with Crippen LogP contribution in [0.3, 0.4) is 0 Å². The largest absolute Gasteiger partial charge is 0.480 e. The van der Waals surface area contributed by atoms with E-state index >= 15 is 0 Å². The number of carbonyl (C=O) groups is 3. The van der Waals surface area contributed by atoms with E-state index in [1.54, 1.807) is 0 Å². The van der Waals surface area contributed by atoms with Crippen molar-refractivity contribution in [2.45, 2.75) is 55.7 Å². The average molecular weight is 327 g/mol. The van der Waals surface area contributed by atoms with Crippen molar-refractivity contribution in [3.63, 3.8) is 0 Å². The van der Waals surface area contributed by atoms with Crippen LogP contribution in [0.15, 0.2) is 11.1 Å². The smallest absolute Gasteiger partial charge is 0.328 e. The molecule has 0 radical (unpaired) electrons. The molecule has 22 heavy (non-hydrogen) atoms. The lowest BCUT2D eigenvalue weighted by atomic mass is 9.85. The first kappa shape index (κ1) is 15.2. The molecule has 0 aromatic heterocycles. The highest BCUT2D eigenvalue weighted by Crippen LogP contribution is 2.50. The topological polar surface area (TPSA) is 109 Å². The van der Waals surface area contributed by atoms with E-state index in [0.717, 1.165) is 17.7 Å². The number of hydrogen-bond donors (Lipinski definition) is 1. The molecule has 8 heteroatoms. The van der Waals surface area contributed by atoms with E-state index in [0.29, 0.717) is 12.8 Å². The zero-order chi connectivity index (χ0) is 16.4. The van der Waals surface area contributed by atoms with Crippen LogP contribution in [0.1, 0.15) is 39.5 Å². The van der Waals surface area contributed by atoms with Gasteiger partial charge in [-0.2, -0.15) is 0 Å². The maximum Gasteiger partial charge on any atom is 0.328 e. The van der Waals surface area contributed by atoms with Crippen molar-refractivity contribution < 1.29 is 27.9 Å². The number of rotatable bonds is 1. The molecule has 0 bridgehead atoms. The second kappa shape index (κ2) is 4.41. The highest BCUT2D eigenvalue weighted by Gasteiger charge is 2.70. The van der Waals surface area contributed by atoms with Crippen molar-refractivity contribution in [2.24, 2.45) is 0 Å². The maximum absolute atomic E-state index is 12.7. The molecule has 1 saturated carbocycles. The standard InChI is InChI=1S/C14H17NO6S/c1-14(2)10(13(18)19)15-11(17)9(12(15)22(14,20)21)7-5-3-4-6-8(7)16/h10,12H,3-6H2,1-2H3,(H,18,19)/b9-7+/t10-,12+/m0/s1. The second-order valence-electron chi connectivity index (χ2n) is 6.48. The Morgan fingerprint density at radius 2 is 1.82 bits per heavy atom. The highest BCUT2D eigenvalue weighted by atomic mass is 32.2. The molecule has 2 aliphatic heterocycles. The van der Waals surface area contributed by atoms with Crippen LogP contribution in [0.5, 0.6) is 0 Å². The highest BCUT2D eigenvalue weighted by molar-refractivity contribution is 7.94. The molecule has 0 spiro atoms. The first-order valence-corrected chi connectivity index (χ1v) is 8.72. The van der Waals surface area contributed by atoms with E-state index in [9.17, 15) is 27.9 Å². The van der Waals surface area contributed by atoms with Gasteiger partial charge in [-0.05, 0) is 33.1 Å². The number of allylic oxidation sites excluding steroid dienone is 1. The second-order valence-corrected chi connectivity index (χ2v) is 9.07. The summed E-state index contributed by atoms with van der Waals surface area (Å²) in [5.41, 5.74) is 0.282. The predicted molar refractivity (Wildman–Crippen MR) is 75.6 cm³/mol. The predicted octanol–water partition coefficient (Wildman–Crippen LogP) is 0.255. The van der Waals surface area contributed by atoms with Gasteiger partial charge in [-0.1, -0.05) is 0 Å². The number of hydrogen-bond acceptors (Lipinski definition) is 5. The van der Waals surface area contributed by atoms with Crippen molar-refractivity contribution in [2.75, 3.05) is 0 Å². The molecule has 2 saturated heterocycles. The van der Waals surface area contributed by atoms with E-state index in [2.05, 4.69) is 0 Å². The van der Waals surface area contributed by atoms with Gasteiger partial charge in [0.2, 0.25) is 0 Å². The number of nitrogens with zero attached hydrogens (tertiary/aromatic N) is 1. The van der Waals surface area contributed by atoms with Gasteiger partial charge in [0, 0.05) is 12.0 Å². The molecular formula is C14H17NO6S. The van der Waals surface area contributed by atoms with Crippen molar-refractivity contribution >= 4 is 27.5 Å². The SMILES string of the molecule is CC1(C)[C@H](C(=O)O)N2C(=O)/C(=C3/CCCCC3=O)[C@H]2S1(=O)=O. The molecular weight excluding hydrogens is 310 g/mol. The Balaban J connectivity index is 2.16. The van der Waals surface area contributed by atoms with Crippen LogP contribution in [0, 0.1) is 0 Å². The molecule has 2 heterocycles. The Morgan fingerprint density at radius 1 is 1.23 bits per heavy atom. The molecule has 1 amide bonds. The zero-order valence-electron chi connectivity index (χ0n) is 12.3. The maximum atomic E-state index is 12.7. The van der Waals surface area contributed by atoms with E-state index in [1.807, 2.05) is 0 Å². The fraction of sp³-hybridized carbons (Fsp3) is 0.643. The summed E-state index contributed by atoms with van der Waals surface area (Å²) >= 11 is 0. The molecule has 3 rings (SSSR count). The quantitative estimate of drug-likeness (QED) is 0.546. The van der Waals surface area contributed by atoms with Crippen molar-refractivity contribution in [3.05, 3.63) is 11.1 Å². The number of β-lactam (4-membered cyclic amide) rings is 1. The minimum Gasteiger partial charge on any atom is -0.480 e. The van der Waals surface area contributed by atoms with Gasteiger partial charge >= 0.3 is 5.97 Å². The van der Waals surface area contributed by atoms with Gasteiger partial charge in [0.15, 0.2) is 27.0 Å². The summed E-state index contributed by atoms with van der Waals surface area (Å²) in [6.45, 7) is 2.63. The Kier molecular flexibility index (Phi) is 3.05. The van der Waals surface area contributed by atoms with Crippen molar-refractivity contribution in [3.8, 4) is 0 Å². The Hall–Kier alpha value is -1.70. The fourth-order valence-corrected chi connectivity index (χ4v) is 5.79. The number of carbonyl (C=O) groups excluding carboxylic acids is 2. The molecule has 0 aromatic rings. The number of carboxylic acids is 1. The normalized spacial score (nSPS) is 36.0. The summed E-state index contributed by atoms with van der Waals surface area (Å²) in [5.74, 6) is -2.17. The van der Waals surface area contributed by atoms with Crippen LogP contribution in [-0.2, 0) is 24.2 Å². The van der Waals surface area contributed by atoms with Crippen LogP contribution < -0.4 is 0 Å². The summed E-state index contributed by atoms with van der Waals surface area (Å²) in [6, 6.07) is -1.42. The monoisotopic (exact) mass is 327 g/mol. The average Bonchev–Trinajstić information content (AvgIpc) is 2.55. The first-order chi connectivity index (χ1) is 10.1. The van der Waals surface area contributed by atoms with Gasteiger partial charge in [-0.15, -0.1) is 0 Å². The molecule has 1 N–H and O–H groups in total. The molecule has 120 valence electrons. The van der Waals surface area contributed by atoms with Crippen LogP contribution in [0.2, 0.25) is 0 Å². The number of aliphatic carboxylic acids is 1. The molecule has 1 aliphatic carbocycles. The minimum atomic E-state index is -3.90. The molecule has 2 atom stereocenters. The van der Waals surface area contributed by atoms with Crippen molar-refractivity contribution in [1.29, 1.82) is 0 Å². The van der Waals surface area contributed by atoms with Gasteiger partial charge in [-0.3, -0.25) is 9.59 Å². The molecule has 3 fully saturated rings. The van der Waals surface area contributed by atoms with E-state index in [4.69, 9.17) is 0 Å². The molecule has 0 aromatic carbocycles. The Bertz CT molecular complexity index is 732. The van der Waals surface area contributed by atoms with E-state index in [-0.39, 0.29) is 16.9 Å². The summed E-state index contributed by atoms with van der Waals surface area (Å²) in [7, 11) is -3.90. The molecule has 7 nitrogen and oxygen atoms in total. The molecule has 0 unspecified atom stereocenters. The summed E-state index contributed by atoms with van der Waals surface area (Å²) in [4.78, 5) is 36.7. The Labute approximate surface area is 127 Å². The summed E-state index contributed by atoms with van der Waals surface area (Å²) in [5, 5.41) is 8.04. The number of carboxylic acid groups (broad SMARTS) is 1. The zero-order valence-corrected chi connectivity index (χ0v) is 13.1. The summed E-state index contributed by atoms with van der Waals surface area (Å²) in [6.07, 6.45) is 2.16. The number of fused-ring (bicyclic) bond motifs is 1. The van der Waals surface area contributed by atoms with Gasteiger partial charge in [0.05, 0.1) is 5.57 Å². The molecule has 3 aliphatic rings. The number of sulfone groups is 1. The Morgan fingerprint density at radius 3 is 2.36 bits per heavy atom. The third-order valence-electron chi connectivity index (χ3n) is 4.90. The lowest BCUT2D eigenvalue weighted by Gasteiger charge is -2.39. The lowest BCUT2D eigenvalue weighted by molar-refractivity contribution is -0.152. The number of amides is 1. The van der Waals surface area contributed by atoms with Gasteiger partial charge < -0.3 is 10.0 Å². The van der Waals surface area contributed by atoms with Gasteiger partial charge in [0.1, 0.15) is 4.75 Å². The van der Waals surface area contributed by atoms with Gasteiger partial charge in [-0.25, -0.2) is 13.2 Å². The van der Waals surface area contributed by atoms with Crippen LogP contribution in [-0.4, -0.2) is 52.2 Å².